The van der Waals surface area contributed by atoms with Gasteiger partial charge in [-0.3, -0.25) is 34.1 Å². The molecule has 0 aromatic heterocycles. The molecule has 6 bridgehead atoms. The van der Waals surface area contributed by atoms with Crippen molar-refractivity contribution in [3.05, 3.63) is 0 Å². The van der Waals surface area contributed by atoms with E-state index < -0.39 is 0 Å². The number of rotatable bonds is 3. The van der Waals surface area contributed by atoms with Crippen molar-refractivity contribution in [2.75, 3.05) is 72.1 Å². The molecule has 7 aliphatic heterocycles. The highest BCUT2D eigenvalue weighted by atomic mass is 16.5. The average Bonchev–Trinajstić information content (AvgIpc) is 3.94. The number of ether oxygens (including phenoxy) is 2. The van der Waals surface area contributed by atoms with Gasteiger partial charge in [-0.25, -0.2) is 0 Å². The van der Waals surface area contributed by atoms with Gasteiger partial charge in [0.15, 0.2) is 0 Å². The second-order valence-electron chi connectivity index (χ2n) is 20.3. The lowest BCUT2D eigenvalue weighted by molar-refractivity contribution is -0.122. The van der Waals surface area contributed by atoms with Crippen LogP contribution in [0.3, 0.4) is 0 Å². The Morgan fingerprint density at radius 2 is 1.24 bits per heavy atom. The van der Waals surface area contributed by atoms with Gasteiger partial charge in [-0.2, -0.15) is 0 Å². The van der Waals surface area contributed by atoms with Gasteiger partial charge in [0.1, 0.15) is 0 Å². The van der Waals surface area contributed by atoms with Gasteiger partial charge < -0.3 is 20.1 Å². The predicted octanol–water partition coefficient (Wildman–Crippen LogP) is 5.22. The molecule has 6 atom stereocenters. The summed E-state index contributed by atoms with van der Waals surface area (Å²) in [5.41, 5.74) is 0.300. The van der Waals surface area contributed by atoms with Gasteiger partial charge >= 0.3 is 0 Å². The zero-order chi connectivity index (χ0) is 40.5. The Bertz CT molecular complexity index is 1130. The number of amides is 2. The second-order valence-corrected chi connectivity index (χ2v) is 20.3. The molecule has 320 valence electrons. The molecule has 11 nitrogen and oxygen atoms in total. The second kappa shape index (κ2) is 21.1. The van der Waals surface area contributed by atoms with Crippen LogP contribution in [0.1, 0.15) is 134 Å². The minimum Gasteiger partial charge on any atom is -0.375 e. The fraction of sp³-hybridized carbons (Fsp3) is 0.955. The van der Waals surface area contributed by atoms with Crippen LogP contribution in [0, 0.1) is 5.92 Å². The van der Waals surface area contributed by atoms with E-state index in [4.69, 9.17) is 9.47 Å². The quantitative estimate of drug-likeness (QED) is 0.401. The molecule has 0 spiro atoms. The lowest BCUT2D eigenvalue weighted by Crippen LogP contribution is -2.45. The summed E-state index contributed by atoms with van der Waals surface area (Å²) in [6.45, 7) is 37.6. The standard InChI is InChI=1S/2C9H18N2O.C9H17NO.C9H17N.C8H15NO/c1-9(2,3)11-6-4-8(12)10-5-7-11;1-9(2,3)11-6-4-5-10-8(12)7-11;1-7(2)10-5-8-3-4-9(6-10)11-8;1-7(2)10-6-8-3-4-9(10)5-8;1-6(2)9-4-8-3-7(9)5-10-8/h2*4-7H2,1-3H3,(H,10,12);7-9H,3-6H2,1-2H3;7-9H,3-6H2,1-2H3;6-8H,3-5H2,1-2H3. The minimum absolute atomic E-state index is 0.113. The van der Waals surface area contributed by atoms with E-state index in [-0.39, 0.29) is 22.9 Å². The Hall–Kier alpha value is -1.34. The summed E-state index contributed by atoms with van der Waals surface area (Å²) in [6, 6.07) is 3.89. The Morgan fingerprint density at radius 1 is 0.618 bits per heavy atom. The van der Waals surface area contributed by atoms with Crippen molar-refractivity contribution in [3.8, 4) is 0 Å². The van der Waals surface area contributed by atoms with Crippen LogP contribution in [-0.4, -0.2) is 168 Å². The molecule has 0 radical (unpaired) electrons. The van der Waals surface area contributed by atoms with Crippen molar-refractivity contribution in [2.24, 2.45) is 5.92 Å². The summed E-state index contributed by atoms with van der Waals surface area (Å²) >= 11 is 0. The molecule has 8 fully saturated rings. The van der Waals surface area contributed by atoms with Crippen molar-refractivity contribution < 1.29 is 19.1 Å². The Labute approximate surface area is 337 Å². The van der Waals surface area contributed by atoms with E-state index in [1.807, 2.05) is 0 Å². The molecule has 0 aromatic rings. The zero-order valence-electron chi connectivity index (χ0n) is 37.5. The first-order valence-electron chi connectivity index (χ1n) is 22.4. The number of nitrogens with zero attached hydrogens (tertiary/aromatic N) is 5. The van der Waals surface area contributed by atoms with E-state index >= 15 is 0 Å². The number of likely N-dealkylation sites (tertiary alicyclic amines) is 3. The number of piperidine rings is 1. The molecule has 7 heterocycles. The molecule has 1 saturated carbocycles. The number of nitrogens with one attached hydrogen (secondary N) is 2. The Morgan fingerprint density at radius 3 is 1.69 bits per heavy atom. The summed E-state index contributed by atoms with van der Waals surface area (Å²) in [7, 11) is 0. The lowest BCUT2D eigenvalue weighted by Gasteiger charge is -2.34. The molecule has 6 unspecified atom stereocenters. The highest BCUT2D eigenvalue weighted by molar-refractivity contribution is 5.78. The lowest BCUT2D eigenvalue weighted by atomic mass is 10.1. The maximum Gasteiger partial charge on any atom is 0.234 e. The average molecular weight is 776 g/mol. The highest BCUT2D eigenvalue weighted by Crippen LogP contribution is 2.38. The molecule has 8 rings (SSSR count). The third-order valence-electron chi connectivity index (χ3n) is 13.0. The fourth-order valence-electron chi connectivity index (χ4n) is 9.54. The van der Waals surface area contributed by atoms with Gasteiger partial charge in [0.2, 0.25) is 11.8 Å². The Kier molecular flexibility index (Phi) is 17.8. The van der Waals surface area contributed by atoms with Crippen LogP contribution >= 0.6 is 0 Å². The van der Waals surface area contributed by atoms with Crippen molar-refractivity contribution in [1.29, 1.82) is 0 Å². The topological polar surface area (TPSA) is 92.9 Å². The molecular formula is C44H85N7O4. The molecule has 7 saturated heterocycles. The normalized spacial score (nSPS) is 31.7. The van der Waals surface area contributed by atoms with Gasteiger partial charge in [-0.15, -0.1) is 0 Å². The Balaban J connectivity index is 0.000000153. The van der Waals surface area contributed by atoms with Crippen LogP contribution in [-0.2, 0) is 19.1 Å². The summed E-state index contributed by atoms with van der Waals surface area (Å²) in [4.78, 5) is 34.5. The van der Waals surface area contributed by atoms with Gasteiger partial charge in [-0.1, -0.05) is 0 Å². The summed E-state index contributed by atoms with van der Waals surface area (Å²) in [6.07, 6.45) is 11.7. The first-order chi connectivity index (χ1) is 25.8. The van der Waals surface area contributed by atoms with Gasteiger partial charge in [0.25, 0.3) is 0 Å². The van der Waals surface area contributed by atoms with Gasteiger partial charge in [0, 0.05) is 107 Å². The van der Waals surface area contributed by atoms with E-state index in [0.717, 1.165) is 82.9 Å². The predicted molar refractivity (Wildman–Crippen MR) is 225 cm³/mol. The number of hydrogen-bond donors (Lipinski definition) is 2. The maximum atomic E-state index is 11.2. The summed E-state index contributed by atoms with van der Waals surface area (Å²) in [5.74, 6) is 1.40. The van der Waals surface area contributed by atoms with E-state index in [1.54, 1.807) is 0 Å². The van der Waals surface area contributed by atoms with Crippen molar-refractivity contribution in [2.45, 2.75) is 194 Å². The molecule has 0 aromatic carbocycles. The monoisotopic (exact) mass is 776 g/mol. The number of fused-ring (bicyclic) bond motifs is 6. The van der Waals surface area contributed by atoms with Crippen molar-refractivity contribution in [3.63, 3.8) is 0 Å². The number of morpholine rings is 2. The van der Waals surface area contributed by atoms with Gasteiger partial charge in [-0.05, 0) is 134 Å². The number of carbonyl (C=O) groups is 2. The van der Waals surface area contributed by atoms with Gasteiger partial charge in [0.05, 0.1) is 31.5 Å². The van der Waals surface area contributed by atoms with Crippen molar-refractivity contribution >= 4 is 11.8 Å². The number of carbonyl (C=O) groups excluding carboxylic acids is 2. The first-order valence-corrected chi connectivity index (χ1v) is 22.4. The van der Waals surface area contributed by atoms with Crippen LogP contribution in [0.5, 0.6) is 0 Å². The maximum absolute atomic E-state index is 11.2. The molecule has 2 N–H and O–H groups in total. The molecule has 2 amide bonds. The molecule has 55 heavy (non-hydrogen) atoms. The van der Waals surface area contributed by atoms with Crippen molar-refractivity contribution in [1.82, 2.24) is 35.1 Å². The minimum atomic E-state index is 0.113. The third kappa shape index (κ3) is 14.8. The van der Waals surface area contributed by atoms with Crippen LogP contribution in [0.15, 0.2) is 0 Å². The zero-order valence-corrected chi connectivity index (χ0v) is 37.5. The third-order valence-corrected chi connectivity index (χ3v) is 13.0. The van der Waals surface area contributed by atoms with E-state index in [1.165, 1.54) is 51.6 Å². The molecular weight excluding hydrogens is 691 g/mol. The first kappa shape index (κ1) is 46.4. The molecule has 8 aliphatic rings. The highest BCUT2D eigenvalue weighted by Gasteiger charge is 2.40. The molecule has 1 aliphatic carbocycles. The summed E-state index contributed by atoms with van der Waals surface area (Å²) in [5, 5.41) is 5.73. The van der Waals surface area contributed by atoms with Crippen LogP contribution < -0.4 is 10.6 Å². The van der Waals surface area contributed by atoms with Crippen LogP contribution in [0.25, 0.3) is 0 Å². The van der Waals surface area contributed by atoms with Crippen LogP contribution in [0.4, 0.5) is 0 Å². The largest absolute Gasteiger partial charge is 0.375 e. The van der Waals surface area contributed by atoms with E-state index in [9.17, 15) is 9.59 Å². The smallest absolute Gasteiger partial charge is 0.234 e. The SMILES string of the molecule is CC(C)(C)N1CCCNC(=O)C1.CC(C)(C)N1CCNC(=O)CC1.CC(C)N1CC2CC1CO2.CC(C)N1CC2CCC(C1)O2.CC(C)N1CC2CCC1C2. The fourth-order valence-corrected chi connectivity index (χ4v) is 9.54. The number of hydrogen-bond acceptors (Lipinski definition) is 9. The summed E-state index contributed by atoms with van der Waals surface area (Å²) < 4.78 is 11.2. The van der Waals surface area contributed by atoms with E-state index in [0.29, 0.717) is 43.4 Å². The van der Waals surface area contributed by atoms with Crippen LogP contribution in [0.2, 0.25) is 0 Å². The van der Waals surface area contributed by atoms with E-state index in [2.05, 4.69) is 118 Å². The molecule has 11 heteroatoms.